The molecule has 1 aromatic heterocycles. The van der Waals surface area contributed by atoms with E-state index >= 15 is 0 Å². The van der Waals surface area contributed by atoms with Gasteiger partial charge in [0.15, 0.2) is 5.17 Å². The zero-order valence-corrected chi connectivity index (χ0v) is 21.6. The summed E-state index contributed by atoms with van der Waals surface area (Å²) in [7, 11) is 0. The van der Waals surface area contributed by atoms with Gasteiger partial charge in [-0.25, -0.2) is 9.97 Å². The third-order valence-electron chi connectivity index (χ3n) is 6.64. The highest BCUT2D eigenvalue weighted by atomic mass is 35.5. The number of nitrogens with one attached hydrogen (secondary N) is 3. The molecule has 0 radical (unpaired) electrons. The molecule has 11 heteroatoms. The molecule has 0 spiro atoms. The molecule has 1 amide bonds. The van der Waals surface area contributed by atoms with Crippen molar-refractivity contribution in [3.05, 3.63) is 40.7 Å². The standard InChI is InChI=1S/C24H31ClN8OS/c1-15-4-3-5-18(25)22(15)31-23(34)19-6-7-27-24(35-19)30-20-12-21(29-16(2)28-20)33-10-8-32(9-11-33)17-13-26-14-17/h3-5,12,17,19,26H,6-11,13-14H2,1-2H3,(H,31,34)(H,27,28,29,30). The first-order chi connectivity index (χ1) is 17.0. The first-order valence-electron chi connectivity index (χ1n) is 12.1. The molecule has 9 nitrogen and oxygen atoms in total. The Labute approximate surface area is 215 Å². The molecule has 1 atom stereocenters. The third-order valence-corrected chi connectivity index (χ3v) is 8.14. The molecule has 1 aromatic carbocycles. The number of carbonyl (C=O) groups excluding carboxylic acids is 1. The van der Waals surface area contributed by atoms with Gasteiger partial charge in [0.25, 0.3) is 0 Å². The van der Waals surface area contributed by atoms with Crippen molar-refractivity contribution in [1.82, 2.24) is 20.2 Å². The number of para-hydroxylation sites is 1. The van der Waals surface area contributed by atoms with E-state index in [2.05, 4.69) is 40.7 Å². The summed E-state index contributed by atoms with van der Waals surface area (Å²) in [4.78, 5) is 31.7. The topological polar surface area (TPSA) is 97.8 Å². The molecule has 1 unspecified atom stereocenters. The number of aromatic nitrogens is 2. The number of benzene rings is 1. The van der Waals surface area contributed by atoms with E-state index in [-0.39, 0.29) is 11.2 Å². The summed E-state index contributed by atoms with van der Waals surface area (Å²) in [6.07, 6.45) is 0.667. The molecule has 2 fully saturated rings. The molecule has 3 aliphatic heterocycles. The van der Waals surface area contributed by atoms with E-state index in [1.54, 1.807) is 6.07 Å². The highest BCUT2D eigenvalue weighted by Crippen LogP contribution is 2.29. The summed E-state index contributed by atoms with van der Waals surface area (Å²) in [5, 5.41) is 10.7. The predicted octanol–water partition coefficient (Wildman–Crippen LogP) is 2.75. The first kappa shape index (κ1) is 24.3. The predicted molar refractivity (Wildman–Crippen MR) is 144 cm³/mol. The summed E-state index contributed by atoms with van der Waals surface area (Å²) in [5.41, 5.74) is 1.61. The van der Waals surface area contributed by atoms with Crippen LogP contribution in [0, 0.1) is 13.8 Å². The summed E-state index contributed by atoms with van der Waals surface area (Å²) in [5.74, 6) is 2.27. The van der Waals surface area contributed by atoms with Crippen LogP contribution in [0.5, 0.6) is 0 Å². The van der Waals surface area contributed by atoms with E-state index in [9.17, 15) is 4.79 Å². The lowest BCUT2D eigenvalue weighted by Gasteiger charge is -2.43. The van der Waals surface area contributed by atoms with Gasteiger partial charge in [0.05, 0.1) is 16.0 Å². The Balaban J connectivity index is 1.21. The Morgan fingerprint density at radius 3 is 2.69 bits per heavy atom. The van der Waals surface area contributed by atoms with Gasteiger partial charge >= 0.3 is 0 Å². The van der Waals surface area contributed by atoms with Crippen molar-refractivity contribution in [1.29, 1.82) is 0 Å². The maximum atomic E-state index is 13.0. The fourth-order valence-corrected chi connectivity index (χ4v) is 5.75. The maximum Gasteiger partial charge on any atom is 0.238 e. The van der Waals surface area contributed by atoms with Gasteiger partial charge in [0.1, 0.15) is 17.5 Å². The van der Waals surface area contributed by atoms with E-state index in [1.807, 2.05) is 32.0 Å². The van der Waals surface area contributed by atoms with Crippen LogP contribution in [0.15, 0.2) is 29.3 Å². The average molecular weight is 515 g/mol. The second kappa shape index (κ2) is 10.7. The Morgan fingerprint density at radius 2 is 1.97 bits per heavy atom. The highest BCUT2D eigenvalue weighted by molar-refractivity contribution is 8.15. The minimum absolute atomic E-state index is 0.0699. The number of amidine groups is 1. The smallest absolute Gasteiger partial charge is 0.238 e. The number of nitrogens with zero attached hydrogens (tertiary/aromatic N) is 5. The minimum Gasteiger partial charge on any atom is -0.354 e. The Morgan fingerprint density at radius 1 is 1.17 bits per heavy atom. The molecule has 3 aliphatic rings. The van der Waals surface area contributed by atoms with Crippen LogP contribution in [0.25, 0.3) is 0 Å². The van der Waals surface area contributed by atoms with E-state index in [1.165, 1.54) is 11.8 Å². The number of hydrogen-bond donors (Lipinski definition) is 3. The number of amides is 1. The lowest BCUT2D eigenvalue weighted by atomic mass is 10.1. The van der Waals surface area contributed by atoms with Gasteiger partial charge in [-0.05, 0) is 31.9 Å². The SMILES string of the molecule is Cc1nc(NC2=NCCC(C(=O)Nc3c(C)cccc3Cl)S2)cc(N2CCN(C3CNC3)CC2)n1. The number of piperazine rings is 1. The molecule has 3 N–H and O–H groups in total. The van der Waals surface area contributed by atoms with Crippen LogP contribution in [-0.4, -0.2) is 83.0 Å². The van der Waals surface area contributed by atoms with Crippen molar-refractivity contribution in [3.8, 4) is 0 Å². The van der Waals surface area contributed by atoms with Crippen LogP contribution in [0.2, 0.25) is 5.02 Å². The third kappa shape index (κ3) is 5.72. The zero-order chi connectivity index (χ0) is 24.4. The molecule has 0 saturated carbocycles. The summed E-state index contributed by atoms with van der Waals surface area (Å²) in [6, 6.07) is 8.25. The molecule has 2 aromatic rings. The normalized spacial score (nSPS) is 21.3. The van der Waals surface area contributed by atoms with Crippen LogP contribution in [0.4, 0.5) is 17.3 Å². The Bertz CT molecular complexity index is 1100. The lowest BCUT2D eigenvalue weighted by molar-refractivity contribution is -0.115. The number of thioether (sulfide) groups is 1. The number of aryl methyl sites for hydroxylation is 2. The minimum atomic E-state index is -0.262. The highest BCUT2D eigenvalue weighted by Gasteiger charge is 2.29. The van der Waals surface area contributed by atoms with Gasteiger partial charge in [0, 0.05) is 57.9 Å². The molecule has 0 aliphatic carbocycles. The van der Waals surface area contributed by atoms with Crippen LogP contribution in [0.1, 0.15) is 17.8 Å². The quantitative estimate of drug-likeness (QED) is 0.560. The van der Waals surface area contributed by atoms with Gasteiger partial charge in [-0.3, -0.25) is 14.7 Å². The summed E-state index contributed by atoms with van der Waals surface area (Å²) in [6.45, 7) is 10.6. The van der Waals surface area contributed by atoms with Gasteiger partial charge < -0.3 is 20.9 Å². The van der Waals surface area contributed by atoms with Gasteiger partial charge in [-0.2, -0.15) is 0 Å². The van der Waals surface area contributed by atoms with Crippen molar-refractivity contribution < 1.29 is 4.79 Å². The van der Waals surface area contributed by atoms with Crippen LogP contribution >= 0.6 is 23.4 Å². The van der Waals surface area contributed by atoms with Crippen molar-refractivity contribution in [3.63, 3.8) is 0 Å². The molecule has 5 rings (SSSR count). The average Bonchev–Trinajstić information content (AvgIpc) is 2.81. The molecular formula is C24H31ClN8OS. The second-order valence-corrected chi connectivity index (χ2v) is 10.7. The number of carbonyl (C=O) groups is 1. The monoisotopic (exact) mass is 514 g/mol. The maximum absolute atomic E-state index is 13.0. The van der Waals surface area contributed by atoms with Crippen molar-refractivity contribution in [2.24, 2.45) is 4.99 Å². The molecule has 186 valence electrons. The number of rotatable bonds is 5. The number of hydrogen-bond acceptors (Lipinski definition) is 9. The molecule has 2 saturated heterocycles. The largest absolute Gasteiger partial charge is 0.354 e. The molecular weight excluding hydrogens is 484 g/mol. The molecule has 35 heavy (non-hydrogen) atoms. The zero-order valence-electron chi connectivity index (χ0n) is 20.1. The Hall–Kier alpha value is -2.40. The van der Waals surface area contributed by atoms with E-state index in [0.717, 1.165) is 50.6 Å². The van der Waals surface area contributed by atoms with Crippen molar-refractivity contribution in [2.45, 2.75) is 31.6 Å². The van der Waals surface area contributed by atoms with E-state index in [0.29, 0.717) is 46.5 Å². The van der Waals surface area contributed by atoms with Crippen LogP contribution in [0.3, 0.4) is 0 Å². The van der Waals surface area contributed by atoms with Crippen molar-refractivity contribution in [2.75, 3.05) is 61.3 Å². The lowest BCUT2D eigenvalue weighted by Crippen LogP contribution is -2.61. The van der Waals surface area contributed by atoms with E-state index in [4.69, 9.17) is 11.6 Å². The first-order valence-corrected chi connectivity index (χ1v) is 13.3. The van der Waals surface area contributed by atoms with Gasteiger partial charge in [-0.15, -0.1) is 0 Å². The summed E-state index contributed by atoms with van der Waals surface area (Å²) >= 11 is 7.72. The second-order valence-electron chi connectivity index (χ2n) is 9.12. The Kier molecular flexibility index (Phi) is 7.43. The van der Waals surface area contributed by atoms with Gasteiger partial charge in [-0.1, -0.05) is 35.5 Å². The van der Waals surface area contributed by atoms with E-state index < -0.39 is 0 Å². The molecule has 0 bridgehead atoms. The fourth-order valence-electron chi connectivity index (χ4n) is 4.50. The van der Waals surface area contributed by atoms with Gasteiger partial charge in [0.2, 0.25) is 5.91 Å². The number of halogens is 1. The number of aliphatic imine (C=N–C) groups is 1. The summed E-state index contributed by atoms with van der Waals surface area (Å²) < 4.78 is 0. The van der Waals surface area contributed by atoms with Crippen molar-refractivity contribution >= 4 is 51.8 Å². The molecule has 4 heterocycles. The number of anilines is 3. The van der Waals surface area contributed by atoms with Crippen LogP contribution in [-0.2, 0) is 4.79 Å². The van der Waals surface area contributed by atoms with Crippen LogP contribution < -0.4 is 20.9 Å². The fraction of sp³-hybridized carbons (Fsp3) is 0.500.